The van der Waals surface area contributed by atoms with Gasteiger partial charge in [-0.15, -0.1) is 0 Å². The summed E-state index contributed by atoms with van der Waals surface area (Å²) in [5.41, 5.74) is 7.62. The molecule has 184 valence electrons. The van der Waals surface area contributed by atoms with Gasteiger partial charge in [-0.2, -0.15) is 0 Å². The highest BCUT2D eigenvalue weighted by Gasteiger charge is 2.43. The number of anilines is 1. The van der Waals surface area contributed by atoms with E-state index >= 15 is 0 Å². The Morgan fingerprint density at radius 1 is 0.917 bits per heavy atom. The molecule has 0 spiro atoms. The van der Waals surface area contributed by atoms with E-state index in [9.17, 15) is 0 Å². The fourth-order valence-electron chi connectivity index (χ4n) is 5.17. The summed E-state index contributed by atoms with van der Waals surface area (Å²) in [5.74, 6) is 1.46. The van der Waals surface area contributed by atoms with E-state index in [1.165, 1.54) is 11.1 Å². The molecule has 1 N–H and O–H groups in total. The molecule has 0 saturated carbocycles. The number of aryl methyl sites for hydroxylation is 2. The lowest BCUT2D eigenvalue weighted by Crippen LogP contribution is -2.30. The van der Waals surface area contributed by atoms with Crippen molar-refractivity contribution in [2.45, 2.75) is 32.9 Å². The molecule has 3 heterocycles. The molecular weight excluding hydrogens is 468 g/mol. The fourth-order valence-corrected chi connectivity index (χ4v) is 5.51. The predicted octanol–water partition coefficient (Wildman–Crippen LogP) is 5.99. The third-order valence-electron chi connectivity index (χ3n) is 6.79. The summed E-state index contributed by atoms with van der Waals surface area (Å²) in [6.07, 6.45) is 1.82. The maximum atomic E-state index is 5.94. The first-order valence-corrected chi connectivity index (χ1v) is 12.3. The number of hydrogen-bond acceptors (Lipinski definition) is 4. The molecule has 5 rings (SSSR count). The normalized spacial score (nSPS) is 17.2. The molecule has 1 fully saturated rings. The van der Waals surface area contributed by atoms with E-state index < -0.39 is 0 Å². The van der Waals surface area contributed by atoms with E-state index in [4.69, 9.17) is 26.7 Å². The summed E-state index contributed by atoms with van der Waals surface area (Å²) < 4.78 is 13.6. The number of hydrogen-bond donors (Lipinski definition) is 1. The Labute approximate surface area is 217 Å². The Balaban J connectivity index is 1.72. The van der Waals surface area contributed by atoms with Crippen molar-refractivity contribution in [3.63, 3.8) is 0 Å². The van der Waals surface area contributed by atoms with Crippen LogP contribution in [0, 0.1) is 20.8 Å². The standard InChI is InChI=1S/C29H30N4O2S/c1-18-9-8-10-21(15-18)32-19(2)16-23(20(32)3)28-27(24-11-6-7-14-30-24)31-29(36)33(28)25-17-22(34-4)12-13-26(25)35-5/h6-17,27-28H,1-5H3,(H,31,36)/t27-,28+/m1/s1. The number of thiocarbonyl (C=S) groups is 1. The van der Waals surface area contributed by atoms with Crippen LogP contribution in [0.5, 0.6) is 11.5 Å². The highest BCUT2D eigenvalue weighted by atomic mass is 32.1. The molecule has 1 aliphatic rings. The summed E-state index contributed by atoms with van der Waals surface area (Å²) in [5, 5.41) is 4.16. The third kappa shape index (κ3) is 4.09. The number of nitrogens with one attached hydrogen (secondary N) is 1. The first-order chi connectivity index (χ1) is 17.4. The number of ether oxygens (including phenoxy) is 2. The molecule has 2 atom stereocenters. The number of aromatic nitrogens is 2. The van der Waals surface area contributed by atoms with Gasteiger partial charge in [0.1, 0.15) is 11.5 Å². The number of rotatable bonds is 6. The van der Waals surface area contributed by atoms with Crippen LogP contribution < -0.4 is 19.7 Å². The predicted molar refractivity (Wildman–Crippen MR) is 147 cm³/mol. The Morgan fingerprint density at radius 3 is 2.44 bits per heavy atom. The number of pyridine rings is 1. The van der Waals surface area contributed by atoms with Gasteiger partial charge in [-0.1, -0.05) is 18.2 Å². The maximum absolute atomic E-state index is 5.94. The van der Waals surface area contributed by atoms with Crippen molar-refractivity contribution < 1.29 is 9.47 Å². The van der Waals surface area contributed by atoms with Crippen LogP contribution in [-0.2, 0) is 0 Å². The number of methoxy groups -OCH3 is 2. The van der Waals surface area contributed by atoms with E-state index in [0.717, 1.165) is 40.0 Å². The molecule has 1 saturated heterocycles. The van der Waals surface area contributed by atoms with E-state index in [-0.39, 0.29) is 12.1 Å². The van der Waals surface area contributed by atoms with Crippen LogP contribution in [0.15, 0.2) is 72.9 Å². The lowest BCUT2D eigenvalue weighted by atomic mass is 9.96. The SMILES string of the molecule is COc1ccc(OC)c(N2C(=S)N[C@H](c3ccccn3)[C@@H]2c2cc(C)n(-c3cccc(C)c3)c2C)c1. The second kappa shape index (κ2) is 9.66. The summed E-state index contributed by atoms with van der Waals surface area (Å²) in [4.78, 5) is 6.83. The molecule has 0 amide bonds. The van der Waals surface area contributed by atoms with Gasteiger partial charge in [0.15, 0.2) is 5.11 Å². The van der Waals surface area contributed by atoms with Crippen LogP contribution in [0.2, 0.25) is 0 Å². The topological polar surface area (TPSA) is 51.6 Å². The van der Waals surface area contributed by atoms with Crippen LogP contribution in [0.1, 0.15) is 40.3 Å². The first kappa shape index (κ1) is 23.9. The lowest BCUT2D eigenvalue weighted by molar-refractivity contribution is 0.403. The van der Waals surface area contributed by atoms with Crippen LogP contribution in [-0.4, -0.2) is 28.9 Å². The molecule has 36 heavy (non-hydrogen) atoms. The maximum Gasteiger partial charge on any atom is 0.174 e. The van der Waals surface area contributed by atoms with Crippen molar-refractivity contribution in [3.8, 4) is 17.2 Å². The molecular formula is C29H30N4O2S. The van der Waals surface area contributed by atoms with Crippen molar-refractivity contribution >= 4 is 23.0 Å². The first-order valence-electron chi connectivity index (χ1n) is 11.9. The molecule has 2 aromatic carbocycles. The highest BCUT2D eigenvalue weighted by molar-refractivity contribution is 7.80. The van der Waals surface area contributed by atoms with Crippen molar-refractivity contribution in [1.82, 2.24) is 14.9 Å². The number of nitrogens with zero attached hydrogens (tertiary/aromatic N) is 3. The molecule has 0 unspecified atom stereocenters. The molecule has 1 aliphatic heterocycles. The van der Waals surface area contributed by atoms with Crippen molar-refractivity contribution in [3.05, 3.63) is 101 Å². The molecule has 7 heteroatoms. The van der Waals surface area contributed by atoms with E-state index in [1.807, 2.05) is 42.6 Å². The van der Waals surface area contributed by atoms with Crippen molar-refractivity contribution in [1.29, 1.82) is 0 Å². The molecule has 0 bridgehead atoms. The zero-order chi connectivity index (χ0) is 25.4. The van der Waals surface area contributed by atoms with Crippen LogP contribution >= 0.6 is 12.2 Å². The van der Waals surface area contributed by atoms with Gasteiger partial charge in [0.2, 0.25) is 0 Å². The van der Waals surface area contributed by atoms with E-state index in [0.29, 0.717) is 5.11 Å². The third-order valence-corrected chi connectivity index (χ3v) is 7.11. The number of benzene rings is 2. The van der Waals surface area contributed by atoms with Gasteiger partial charge in [-0.3, -0.25) is 4.98 Å². The van der Waals surface area contributed by atoms with E-state index in [2.05, 4.69) is 65.9 Å². The Kier molecular flexibility index (Phi) is 6.41. The van der Waals surface area contributed by atoms with Gasteiger partial charge in [0.05, 0.1) is 37.7 Å². The van der Waals surface area contributed by atoms with Crippen LogP contribution in [0.25, 0.3) is 5.69 Å². The Morgan fingerprint density at radius 2 is 1.75 bits per heavy atom. The van der Waals surface area contributed by atoms with Crippen LogP contribution in [0.3, 0.4) is 0 Å². The monoisotopic (exact) mass is 498 g/mol. The molecule has 6 nitrogen and oxygen atoms in total. The van der Waals surface area contributed by atoms with Gasteiger partial charge < -0.3 is 24.3 Å². The molecule has 0 aliphatic carbocycles. The second-order valence-electron chi connectivity index (χ2n) is 9.04. The summed E-state index contributed by atoms with van der Waals surface area (Å²) in [7, 11) is 3.34. The smallest absolute Gasteiger partial charge is 0.174 e. The average Bonchev–Trinajstić information content (AvgIpc) is 3.38. The Bertz CT molecular complexity index is 1420. The van der Waals surface area contributed by atoms with Crippen molar-refractivity contribution in [2.24, 2.45) is 0 Å². The summed E-state index contributed by atoms with van der Waals surface area (Å²) in [6, 6.07) is 22.3. The summed E-state index contributed by atoms with van der Waals surface area (Å²) >= 11 is 5.94. The minimum atomic E-state index is -0.154. The van der Waals surface area contributed by atoms with Gasteiger partial charge >= 0.3 is 0 Å². The minimum Gasteiger partial charge on any atom is -0.497 e. The fraction of sp³-hybridized carbons (Fsp3) is 0.241. The zero-order valence-electron chi connectivity index (χ0n) is 21.1. The summed E-state index contributed by atoms with van der Waals surface area (Å²) in [6.45, 7) is 6.43. The van der Waals surface area contributed by atoms with Crippen LogP contribution in [0.4, 0.5) is 5.69 Å². The average molecular weight is 499 g/mol. The van der Waals surface area contributed by atoms with E-state index in [1.54, 1.807) is 14.2 Å². The van der Waals surface area contributed by atoms with Gasteiger partial charge in [0, 0.05) is 29.3 Å². The minimum absolute atomic E-state index is 0.152. The molecule has 2 aromatic heterocycles. The zero-order valence-corrected chi connectivity index (χ0v) is 22.0. The largest absolute Gasteiger partial charge is 0.497 e. The van der Waals surface area contributed by atoms with Gasteiger partial charge in [-0.25, -0.2) is 0 Å². The van der Waals surface area contributed by atoms with Crippen molar-refractivity contribution in [2.75, 3.05) is 19.1 Å². The lowest BCUT2D eigenvalue weighted by Gasteiger charge is -2.29. The Hall–Kier alpha value is -3.84. The second-order valence-corrected chi connectivity index (χ2v) is 9.42. The van der Waals surface area contributed by atoms with Gasteiger partial charge in [-0.05, 0) is 86.6 Å². The highest BCUT2D eigenvalue weighted by Crippen LogP contribution is 2.47. The molecule has 4 aromatic rings. The quantitative estimate of drug-likeness (QED) is 0.330. The molecule has 0 radical (unpaired) electrons. The van der Waals surface area contributed by atoms with Gasteiger partial charge in [0.25, 0.3) is 0 Å².